The lowest BCUT2D eigenvalue weighted by Gasteiger charge is -2.51. The molecule has 0 saturated carbocycles. The van der Waals surface area contributed by atoms with Crippen molar-refractivity contribution in [1.82, 2.24) is 0 Å². The lowest BCUT2D eigenvalue weighted by molar-refractivity contribution is -0.586. The van der Waals surface area contributed by atoms with Crippen LogP contribution in [-0.2, 0) is 47.5 Å². The van der Waals surface area contributed by atoms with E-state index in [0.717, 1.165) is 83.5 Å². The van der Waals surface area contributed by atoms with E-state index in [-0.39, 0.29) is 25.6 Å². The summed E-state index contributed by atoms with van der Waals surface area (Å²) in [6, 6.07) is 0. The molecule has 0 radical (unpaired) electrons. The predicted molar refractivity (Wildman–Crippen MR) is 270 cm³/mol. The van der Waals surface area contributed by atoms with Crippen molar-refractivity contribution in [3.05, 3.63) is 122 Å². The Morgan fingerprint density at radius 3 is 1.21 bits per heavy atom. The lowest BCUT2D eigenvalue weighted by atomic mass is 10.1. The summed E-state index contributed by atoms with van der Waals surface area (Å²) in [7, 11) is 0. The SMILES string of the molecule is CC/C=C\C/C=C\C/C=C\C/C=C\C/C=C\CCCC(=O)OC[C@H]1OC(O)(O)[C@H](O)[C@@H]1O.CC/C=C\C/C=C\C/C=C\C/C=C\C/C=C\CCCC(=O)OC[C@H]1OC2(OC(C)(C)O2)[C@@H]2OC(C)(C)O[C@@H]21. The zero-order chi connectivity index (χ0) is 51.1. The molecule has 0 aromatic carbocycles. The molecule has 4 aliphatic heterocycles. The van der Waals surface area contributed by atoms with Crippen molar-refractivity contribution in [2.45, 2.75) is 204 Å². The molecular formula is C56H84O14. The first-order chi connectivity index (χ1) is 33.5. The number of rotatable bonds is 30. The molecule has 4 aliphatic rings. The quantitative estimate of drug-likeness (QED) is 0.0230. The van der Waals surface area contributed by atoms with Gasteiger partial charge in [-0.25, -0.2) is 0 Å². The Bertz CT molecular complexity index is 1810. The minimum atomic E-state index is -2.84. The number of allylic oxidation sites excluding steroid dienone is 20. The lowest BCUT2D eigenvalue weighted by Crippen LogP contribution is -2.65. The van der Waals surface area contributed by atoms with Crippen molar-refractivity contribution in [2.24, 2.45) is 0 Å². The van der Waals surface area contributed by atoms with E-state index in [9.17, 15) is 30.0 Å². The number of carbonyl (C=O) groups excluding carboxylic acids is 2. The molecule has 14 nitrogen and oxygen atoms in total. The maximum atomic E-state index is 12.3. The van der Waals surface area contributed by atoms with Gasteiger partial charge in [0.05, 0.1) is 0 Å². The molecule has 0 unspecified atom stereocenters. The van der Waals surface area contributed by atoms with E-state index in [1.54, 1.807) is 0 Å². The highest BCUT2D eigenvalue weighted by atomic mass is 17.0. The summed E-state index contributed by atoms with van der Waals surface area (Å²) >= 11 is 0. The third kappa shape index (κ3) is 23.4. The number of esters is 2. The first-order valence-electron chi connectivity index (χ1n) is 25.3. The van der Waals surface area contributed by atoms with E-state index in [1.165, 1.54) is 0 Å². The van der Waals surface area contributed by atoms with Crippen molar-refractivity contribution in [2.75, 3.05) is 13.2 Å². The first-order valence-corrected chi connectivity index (χ1v) is 25.3. The van der Waals surface area contributed by atoms with Crippen molar-refractivity contribution in [1.29, 1.82) is 0 Å². The molecule has 14 heteroatoms. The van der Waals surface area contributed by atoms with Crippen LogP contribution in [0.2, 0.25) is 0 Å². The Morgan fingerprint density at radius 1 is 0.486 bits per heavy atom. The molecular weight excluding hydrogens is 897 g/mol. The molecule has 0 aliphatic carbocycles. The Morgan fingerprint density at radius 2 is 0.857 bits per heavy atom. The van der Waals surface area contributed by atoms with Gasteiger partial charge in [0, 0.05) is 12.8 Å². The number of hydrogen-bond acceptors (Lipinski definition) is 14. The Labute approximate surface area is 417 Å². The summed E-state index contributed by atoms with van der Waals surface area (Å²) in [4.78, 5) is 24.0. The summed E-state index contributed by atoms with van der Waals surface area (Å²) in [6.45, 7) is 11.3. The topological polar surface area (TPSA) is 189 Å². The first kappa shape index (κ1) is 60.2. The zero-order valence-corrected chi connectivity index (χ0v) is 42.6. The molecule has 4 N–H and O–H groups in total. The summed E-state index contributed by atoms with van der Waals surface area (Å²) < 4.78 is 44.8. The van der Waals surface area contributed by atoms with E-state index in [4.69, 9.17) is 33.2 Å². The van der Waals surface area contributed by atoms with E-state index in [1.807, 2.05) is 39.8 Å². The van der Waals surface area contributed by atoms with Gasteiger partial charge in [0.2, 0.25) is 0 Å². The number of aliphatic hydroxyl groups excluding tert-OH is 2. The van der Waals surface area contributed by atoms with Gasteiger partial charge in [0.15, 0.2) is 23.8 Å². The average Bonchev–Trinajstić information content (AvgIpc) is 3.85. The van der Waals surface area contributed by atoms with Crippen molar-refractivity contribution >= 4 is 11.9 Å². The summed E-state index contributed by atoms with van der Waals surface area (Å²) in [5.74, 6) is -6.42. The van der Waals surface area contributed by atoms with Gasteiger partial charge in [-0.2, -0.15) is 0 Å². The van der Waals surface area contributed by atoms with Gasteiger partial charge in [-0.1, -0.05) is 135 Å². The number of carbonyl (C=O) groups is 2. The van der Waals surface area contributed by atoms with Crippen LogP contribution in [0, 0.1) is 0 Å². The zero-order valence-electron chi connectivity index (χ0n) is 42.6. The molecule has 0 aromatic rings. The van der Waals surface area contributed by atoms with Crippen molar-refractivity contribution in [3.8, 4) is 0 Å². The van der Waals surface area contributed by atoms with E-state index < -0.39 is 66.1 Å². The van der Waals surface area contributed by atoms with Gasteiger partial charge >= 0.3 is 23.9 Å². The number of fused-ring (bicyclic) bond motifs is 2. The Balaban J connectivity index is 0.000000377. The average molecular weight is 981 g/mol. The Kier molecular flexibility index (Phi) is 28.2. The molecule has 4 fully saturated rings. The molecule has 0 amide bonds. The number of hydrogen-bond donors (Lipinski definition) is 4. The van der Waals surface area contributed by atoms with Gasteiger partial charge < -0.3 is 48.8 Å². The van der Waals surface area contributed by atoms with Crippen LogP contribution in [0.25, 0.3) is 0 Å². The van der Waals surface area contributed by atoms with Crippen LogP contribution in [0.15, 0.2) is 122 Å². The number of unbranched alkanes of at least 4 members (excludes halogenated alkanes) is 2. The molecule has 0 aromatic heterocycles. The van der Waals surface area contributed by atoms with Crippen LogP contribution in [0.3, 0.4) is 0 Å². The normalized spacial score (nSPS) is 25.7. The van der Waals surface area contributed by atoms with Crippen molar-refractivity contribution < 1.29 is 67.9 Å². The fourth-order valence-electron chi connectivity index (χ4n) is 7.55. The van der Waals surface area contributed by atoms with Crippen LogP contribution < -0.4 is 0 Å². The van der Waals surface area contributed by atoms with Crippen LogP contribution in [-0.4, -0.2) is 106 Å². The van der Waals surface area contributed by atoms with E-state index in [2.05, 4.69) is 128 Å². The minimum Gasteiger partial charge on any atom is -0.463 e. The summed E-state index contributed by atoms with van der Waals surface area (Å²) in [5.41, 5.74) is 0. The van der Waals surface area contributed by atoms with Crippen LogP contribution in [0.1, 0.15) is 144 Å². The fourth-order valence-corrected chi connectivity index (χ4v) is 7.55. The molecule has 0 bridgehead atoms. The molecule has 4 saturated heterocycles. The largest absolute Gasteiger partial charge is 0.463 e. The molecule has 70 heavy (non-hydrogen) atoms. The highest BCUT2D eigenvalue weighted by molar-refractivity contribution is 5.69. The van der Waals surface area contributed by atoms with Crippen LogP contribution in [0.4, 0.5) is 0 Å². The third-order valence-corrected chi connectivity index (χ3v) is 11.0. The second-order valence-electron chi connectivity index (χ2n) is 18.2. The predicted octanol–water partition coefficient (Wildman–Crippen LogP) is 10.0. The van der Waals surface area contributed by atoms with Gasteiger partial charge in [0.1, 0.15) is 37.6 Å². The van der Waals surface area contributed by atoms with Gasteiger partial charge in [-0.05, 0) is 118 Å². The smallest absolute Gasteiger partial charge is 0.319 e. The summed E-state index contributed by atoms with van der Waals surface area (Å²) in [5, 5.41) is 37.6. The van der Waals surface area contributed by atoms with Crippen LogP contribution in [0.5, 0.6) is 0 Å². The van der Waals surface area contributed by atoms with Gasteiger partial charge in [-0.15, -0.1) is 0 Å². The van der Waals surface area contributed by atoms with Crippen molar-refractivity contribution in [3.63, 3.8) is 0 Å². The molecule has 392 valence electrons. The minimum absolute atomic E-state index is 0.0655. The molecule has 6 atom stereocenters. The molecule has 4 rings (SSSR count). The van der Waals surface area contributed by atoms with E-state index >= 15 is 0 Å². The maximum Gasteiger partial charge on any atom is 0.319 e. The second-order valence-corrected chi connectivity index (χ2v) is 18.2. The monoisotopic (exact) mass is 981 g/mol. The maximum absolute atomic E-state index is 12.3. The Hall–Kier alpha value is -4.06. The van der Waals surface area contributed by atoms with Gasteiger partial charge in [-0.3, -0.25) is 19.1 Å². The standard InChI is InChI=1S/C31H46O7.C25H38O7/c1-6-7-8-9-10-11-12-13-14-15-16-17-18-19-20-21-22-23-26(32)33-24-25-27-28(36-29(2,3)35-27)31(34-25)37-30(4,5)38-31;1-2-3-4-5-6-7-8-9-10-11-12-13-14-15-16-17-18-19-22(26)31-20-21-23(27)24(28)25(29,30)32-21/h7-8,10-11,13-14,16-17,19-20,25,27-28H,6,9,12,15,18,21-24H2,1-5H3;3-4,6-7,9-10,12-13,15-16,21,23-24,27-30H,2,5,8,11,14,17-20H2,1H3/b8-7-,11-10-,14-13-,17-16-,20-19-;4-3-,7-6-,10-9-,13-12-,16-15-/t25-,27-,28-;21-,23-,24-/m11/s1. The van der Waals surface area contributed by atoms with E-state index in [0.29, 0.717) is 12.8 Å². The summed E-state index contributed by atoms with van der Waals surface area (Å²) in [6.07, 6.45) is 50.1. The highest BCUT2D eigenvalue weighted by Crippen LogP contribution is 2.53. The number of aliphatic hydroxyl groups is 4. The van der Waals surface area contributed by atoms with Crippen LogP contribution >= 0.6 is 0 Å². The highest BCUT2D eigenvalue weighted by Gasteiger charge is 2.72. The fraction of sp³-hybridized carbons (Fsp3) is 0.607. The number of ether oxygens (including phenoxy) is 8. The molecule has 4 heterocycles. The molecule has 1 spiro atoms. The third-order valence-electron chi connectivity index (χ3n) is 11.0. The second kappa shape index (κ2) is 32.8. The van der Waals surface area contributed by atoms with Gasteiger partial charge in [0.25, 0.3) is 0 Å².